The zero-order valence-corrected chi connectivity index (χ0v) is 14.0. The molecular formula is C17H20N2O4S. The number of carbonyl (C=O) groups excluding carboxylic acids is 1. The summed E-state index contributed by atoms with van der Waals surface area (Å²) in [4.78, 5) is 12.1. The third kappa shape index (κ3) is 4.24. The molecule has 7 heteroatoms. The first-order chi connectivity index (χ1) is 11.5. The van der Waals surface area contributed by atoms with Gasteiger partial charge >= 0.3 is 0 Å². The lowest BCUT2D eigenvalue weighted by Gasteiger charge is -2.18. The smallest absolute Gasteiger partial charge is 0.234 e. The Kier molecular flexibility index (Phi) is 5.01. The lowest BCUT2D eigenvalue weighted by molar-refractivity contribution is -0.120. The number of hydrogen-bond acceptors (Lipinski definition) is 5. The maximum atomic E-state index is 12.1. The van der Waals surface area contributed by atoms with Crippen LogP contribution < -0.4 is 10.6 Å². The van der Waals surface area contributed by atoms with Crippen molar-refractivity contribution in [3.8, 4) is 0 Å². The molecule has 1 aliphatic heterocycles. The Bertz CT molecular complexity index is 772. The fraction of sp³-hybridized carbons (Fsp3) is 0.353. The first kappa shape index (κ1) is 16.7. The van der Waals surface area contributed by atoms with Gasteiger partial charge in [-0.05, 0) is 24.1 Å². The van der Waals surface area contributed by atoms with Gasteiger partial charge in [-0.25, -0.2) is 8.42 Å². The van der Waals surface area contributed by atoms with E-state index in [4.69, 9.17) is 4.42 Å². The van der Waals surface area contributed by atoms with Crippen molar-refractivity contribution in [3.05, 3.63) is 60.1 Å². The zero-order chi connectivity index (χ0) is 17.0. The van der Waals surface area contributed by atoms with Crippen molar-refractivity contribution < 1.29 is 17.6 Å². The lowest BCUT2D eigenvalue weighted by Crippen LogP contribution is -2.42. The molecule has 1 saturated heterocycles. The van der Waals surface area contributed by atoms with Crippen molar-refractivity contribution in [1.82, 2.24) is 10.6 Å². The molecule has 1 fully saturated rings. The van der Waals surface area contributed by atoms with Crippen LogP contribution in [0.15, 0.2) is 53.1 Å². The van der Waals surface area contributed by atoms with E-state index in [2.05, 4.69) is 10.6 Å². The third-order valence-corrected chi connectivity index (χ3v) is 5.79. The average Bonchev–Trinajstić information content (AvgIpc) is 3.18. The molecular weight excluding hydrogens is 328 g/mol. The molecule has 128 valence electrons. The Morgan fingerprint density at radius 2 is 2.00 bits per heavy atom. The first-order valence-corrected chi connectivity index (χ1v) is 9.67. The molecule has 2 atom stereocenters. The van der Waals surface area contributed by atoms with Crippen molar-refractivity contribution in [2.45, 2.75) is 18.5 Å². The standard InChI is InChI=1S/C17H20N2O4S/c20-16(19-14-8-10-24(21,22)12-14)11-18-17(15-7-4-9-23-15)13-5-2-1-3-6-13/h1-7,9,14,17-18H,8,10-12H2,(H,19,20)/t14-,17+/m0/s1. The molecule has 0 bridgehead atoms. The molecule has 0 radical (unpaired) electrons. The third-order valence-electron chi connectivity index (χ3n) is 4.02. The summed E-state index contributed by atoms with van der Waals surface area (Å²) < 4.78 is 28.4. The number of rotatable bonds is 6. The van der Waals surface area contributed by atoms with Gasteiger partial charge in [-0.1, -0.05) is 30.3 Å². The normalized spacial score (nSPS) is 20.6. The van der Waals surface area contributed by atoms with Crippen LogP contribution in [0, 0.1) is 0 Å². The van der Waals surface area contributed by atoms with Gasteiger partial charge < -0.3 is 9.73 Å². The maximum absolute atomic E-state index is 12.1. The second-order valence-corrected chi connectivity index (χ2v) is 8.14. The fourth-order valence-electron chi connectivity index (χ4n) is 2.87. The predicted octanol–water partition coefficient (Wildman–Crippen LogP) is 1.26. The second-order valence-electron chi connectivity index (χ2n) is 5.91. The number of hydrogen-bond donors (Lipinski definition) is 2. The SMILES string of the molecule is O=C(CN[C@H](c1ccccc1)c1ccco1)N[C@H]1CCS(=O)(=O)C1. The highest BCUT2D eigenvalue weighted by atomic mass is 32.2. The van der Waals surface area contributed by atoms with Crippen LogP contribution in [-0.4, -0.2) is 38.4 Å². The van der Waals surface area contributed by atoms with Gasteiger partial charge in [-0.15, -0.1) is 0 Å². The molecule has 0 saturated carbocycles. The van der Waals surface area contributed by atoms with E-state index in [0.717, 1.165) is 11.3 Å². The van der Waals surface area contributed by atoms with E-state index in [-0.39, 0.29) is 36.0 Å². The molecule has 0 unspecified atom stereocenters. The number of benzene rings is 1. The Labute approximate surface area is 141 Å². The van der Waals surface area contributed by atoms with Crippen LogP contribution >= 0.6 is 0 Å². The van der Waals surface area contributed by atoms with Crippen molar-refractivity contribution in [1.29, 1.82) is 0 Å². The number of sulfone groups is 1. The summed E-state index contributed by atoms with van der Waals surface area (Å²) in [6.45, 7) is 0.0802. The molecule has 1 aromatic heterocycles. The van der Waals surface area contributed by atoms with Crippen molar-refractivity contribution in [2.24, 2.45) is 0 Å². The Balaban J connectivity index is 1.61. The average molecular weight is 348 g/mol. The van der Waals surface area contributed by atoms with Gasteiger partial charge in [0.1, 0.15) is 5.76 Å². The minimum Gasteiger partial charge on any atom is -0.467 e. The van der Waals surface area contributed by atoms with E-state index in [1.54, 1.807) is 12.3 Å². The van der Waals surface area contributed by atoms with E-state index in [0.29, 0.717) is 6.42 Å². The molecule has 2 N–H and O–H groups in total. The van der Waals surface area contributed by atoms with Crippen LogP contribution in [-0.2, 0) is 14.6 Å². The summed E-state index contributed by atoms with van der Waals surface area (Å²) in [6.07, 6.45) is 2.07. The highest BCUT2D eigenvalue weighted by Crippen LogP contribution is 2.22. The minimum atomic E-state index is -3.00. The number of furan rings is 1. The predicted molar refractivity (Wildman–Crippen MR) is 90.2 cm³/mol. The largest absolute Gasteiger partial charge is 0.467 e. The van der Waals surface area contributed by atoms with Gasteiger partial charge in [0, 0.05) is 6.04 Å². The maximum Gasteiger partial charge on any atom is 0.234 e. The van der Waals surface area contributed by atoms with Gasteiger partial charge in [-0.2, -0.15) is 0 Å². The van der Waals surface area contributed by atoms with E-state index >= 15 is 0 Å². The van der Waals surface area contributed by atoms with E-state index in [1.165, 1.54) is 0 Å². The Morgan fingerprint density at radius 3 is 2.62 bits per heavy atom. The molecule has 1 aromatic carbocycles. The molecule has 0 aliphatic carbocycles. The molecule has 24 heavy (non-hydrogen) atoms. The Hall–Kier alpha value is -2.12. The minimum absolute atomic E-state index is 0.0268. The van der Waals surface area contributed by atoms with E-state index < -0.39 is 9.84 Å². The van der Waals surface area contributed by atoms with Gasteiger partial charge in [0.05, 0.1) is 30.4 Å². The van der Waals surface area contributed by atoms with Crippen molar-refractivity contribution in [2.75, 3.05) is 18.1 Å². The van der Waals surface area contributed by atoms with Crippen molar-refractivity contribution >= 4 is 15.7 Å². The summed E-state index contributed by atoms with van der Waals surface area (Å²) >= 11 is 0. The quantitative estimate of drug-likeness (QED) is 0.820. The van der Waals surface area contributed by atoms with Crippen LogP contribution in [0.1, 0.15) is 23.8 Å². The molecule has 6 nitrogen and oxygen atoms in total. The highest BCUT2D eigenvalue weighted by molar-refractivity contribution is 7.91. The van der Waals surface area contributed by atoms with Gasteiger partial charge in [0.25, 0.3) is 0 Å². The molecule has 3 rings (SSSR count). The van der Waals surface area contributed by atoms with E-state index in [9.17, 15) is 13.2 Å². The van der Waals surface area contributed by atoms with E-state index in [1.807, 2.05) is 36.4 Å². The number of carbonyl (C=O) groups is 1. The topological polar surface area (TPSA) is 88.4 Å². The van der Waals surface area contributed by atoms with Crippen LogP contribution in [0.5, 0.6) is 0 Å². The Morgan fingerprint density at radius 1 is 1.21 bits per heavy atom. The molecule has 0 spiro atoms. The monoisotopic (exact) mass is 348 g/mol. The summed E-state index contributed by atoms with van der Waals surface area (Å²) in [5.74, 6) is 0.672. The molecule has 1 aliphatic rings. The molecule has 2 aromatic rings. The summed E-state index contributed by atoms with van der Waals surface area (Å²) in [5.41, 5.74) is 0.990. The van der Waals surface area contributed by atoms with Crippen molar-refractivity contribution in [3.63, 3.8) is 0 Å². The van der Waals surface area contributed by atoms with Crippen LogP contribution in [0.25, 0.3) is 0 Å². The summed E-state index contributed by atoms with van der Waals surface area (Å²) in [7, 11) is -3.00. The fourth-order valence-corrected chi connectivity index (χ4v) is 4.54. The second kappa shape index (κ2) is 7.19. The van der Waals surface area contributed by atoms with Crippen LogP contribution in [0.4, 0.5) is 0 Å². The summed E-state index contributed by atoms with van der Waals surface area (Å²) in [5, 5.41) is 5.95. The lowest BCUT2D eigenvalue weighted by atomic mass is 10.0. The number of amides is 1. The van der Waals surface area contributed by atoms with Gasteiger partial charge in [0.2, 0.25) is 5.91 Å². The molecule has 1 amide bonds. The van der Waals surface area contributed by atoms with Crippen LogP contribution in [0.2, 0.25) is 0 Å². The number of nitrogens with one attached hydrogen (secondary N) is 2. The summed E-state index contributed by atoms with van der Waals surface area (Å²) in [6, 6.07) is 12.8. The highest BCUT2D eigenvalue weighted by Gasteiger charge is 2.29. The van der Waals surface area contributed by atoms with Crippen LogP contribution in [0.3, 0.4) is 0 Å². The molecule has 2 heterocycles. The zero-order valence-electron chi connectivity index (χ0n) is 13.1. The van der Waals surface area contributed by atoms with Gasteiger partial charge in [0.15, 0.2) is 9.84 Å². The van der Waals surface area contributed by atoms with Gasteiger partial charge in [-0.3, -0.25) is 10.1 Å². The first-order valence-electron chi connectivity index (χ1n) is 7.85.